The molecule has 1 aliphatic heterocycles. The molecule has 0 fully saturated rings. The molecule has 3 aromatic rings. The van der Waals surface area contributed by atoms with Gasteiger partial charge in [-0.15, -0.1) is 0 Å². The lowest BCUT2D eigenvalue weighted by Gasteiger charge is -2.34. The molecular weight excluding hydrogens is 316 g/mol. The van der Waals surface area contributed by atoms with E-state index in [0.717, 1.165) is 27.6 Å². The molecule has 2 N–H and O–H groups in total. The van der Waals surface area contributed by atoms with Crippen LogP contribution in [0.5, 0.6) is 0 Å². The molecule has 5 heteroatoms. The van der Waals surface area contributed by atoms with Crippen LogP contribution in [0.15, 0.2) is 54.7 Å². The molecule has 0 radical (unpaired) electrons. The highest BCUT2D eigenvalue weighted by molar-refractivity contribution is 5.91. The number of hydrogen-bond donors (Lipinski definition) is 2. The molecule has 2 aromatic carbocycles. The average molecular weight is 334 g/mol. The molecule has 0 aliphatic carbocycles. The fraction of sp³-hybridized carbons (Fsp3) is 0.200. The number of rotatable bonds is 3. The number of amides is 1. The van der Waals surface area contributed by atoms with E-state index in [1.165, 1.54) is 4.90 Å². The number of benzene rings is 2. The third-order valence-corrected chi connectivity index (χ3v) is 4.87. The maximum absolute atomic E-state index is 12.9. The van der Waals surface area contributed by atoms with E-state index in [9.17, 15) is 14.7 Å². The van der Waals surface area contributed by atoms with E-state index in [4.69, 9.17) is 0 Å². The van der Waals surface area contributed by atoms with Gasteiger partial charge in [-0.3, -0.25) is 4.79 Å². The molecule has 126 valence electrons. The first-order valence-corrected chi connectivity index (χ1v) is 8.27. The second-order valence-electron chi connectivity index (χ2n) is 6.38. The molecule has 25 heavy (non-hydrogen) atoms. The highest BCUT2D eigenvalue weighted by Crippen LogP contribution is 2.25. The van der Waals surface area contributed by atoms with E-state index in [1.54, 1.807) is 0 Å². The number of aromatic amines is 1. The summed E-state index contributed by atoms with van der Waals surface area (Å²) < 4.78 is 0. The van der Waals surface area contributed by atoms with E-state index in [-0.39, 0.29) is 12.3 Å². The van der Waals surface area contributed by atoms with Crippen LogP contribution in [0.4, 0.5) is 0 Å². The SMILES string of the molecule is O=C(O)C1Cc2ccccc2CN1C(=O)Cc1c[nH]c2ccccc12. The zero-order valence-corrected chi connectivity index (χ0v) is 13.6. The Hall–Kier alpha value is -3.08. The minimum absolute atomic E-state index is 0.161. The number of aromatic nitrogens is 1. The van der Waals surface area contributed by atoms with Crippen molar-refractivity contribution in [1.29, 1.82) is 0 Å². The fourth-order valence-electron chi connectivity index (χ4n) is 3.55. The molecule has 0 saturated heterocycles. The number of nitrogens with one attached hydrogen (secondary N) is 1. The lowest BCUT2D eigenvalue weighted by atomic mass is 9.93. The third-order valence-electron chi connectivity index (χ3n) is 4.87. The maximum Gasteiger partial charge on any atom is 0.326 e. The van der Waals surface area contributed by atoms with Gasteiger partial charge in [0.25, 0.3) is 0 Å². The van der Waals surface area contributed by atoms with Crippen LogP contribution in [0.2, 0.25) is 0 Å². The summed E-state index contributed by atoms with van der Waals surface area (Å²) >= 11 is 0. The van der Waals surface area contributed by atoms with E-state index in [2.05, 4.69) is 4.98 Å². The number of H-pyrrole nitrogens is 1. The lowest BCUT2D eigenvalue weighted by Crippen LogP contribution is -2.49. The number of fused-ring (bicyclic) bond motifs is 2. The van der Waals surface area contributed by atoms with Crippen molar-refractivity contribution < 1.29 is 14.7 Å². The largest absolute Gasteiger partial charge is 0.480 e. The number of carboxylic acid groups (broad SMARTS) is 1. The smallest absolute Gasteiger partial charge is 0.326 e. The lowest BCUT2D eigenvalue weighted by molar-refractivity contribution is -0.151. The van der Waals surface area contributed by atoms with Gasteiger partial charge >= 0.3 is 5.97 Å². The second-order valence-corrected chi connectivity index (χ2v) is 6.38. The van der Waals surface area contributed by atoms with Crippen molar-refractivity contribution in [2.45, 2.75) is 25.4 Å². The van der Waals surface area contributed by atoms with E-state index in [1.807, 2.05) is 54.7 Å². The Morgan fingerprint density at radius 2 is 1.80 bits per heavy atom. The zero-order chi connectivity index (χ0) is 17.4. The predicted octanol–water partition coefficient (Wildman–Crippen LogP) is 2.75. The summed E-state index contributed by atoms with van der Waals surface area (Å²) in [6, 6.07) is 14.7. The Balaban J connectivity index is 1.63. The summed E-state index contributed by atoms with van der Waals surface area (Å²) in [5.41, 5.74) is 3.89. The van der Waals surface area contributed by atoms with Crippen LogP contribution >= 0.6 is 0 Å². The van der Waals surface area contributed by atoms with Gasteiger partial charge in [0.15, 0.2) is 0 Å². The second kappa shape index (κ2) is 6.09. The summed E-state index contributed by atoms with van der Waals surface area (Å²) in [6.07, 6.45) is 2.37. The van der Waals surface area contributed by atoms with Crippen molar-refractivity contribution in [2.24, 2.45) is 0 Å². The third kappa shape index (κ3) is 2.78. The van der Waals surface area contributed by atoms with Gasteiger partial charge in [0.2, 0.25) is 5.91 Å². The molecule has 0 spiro atoms. The highest BCUT2D eigenvalue weighted by Gasteiger charge is 2.34. The molecular formula is C20H18N2O3. The van der Waals surface area contributed by atoms with E-state index in [0.29, 0.717) is 13.0 Å². The standard InChI is InChI=1S/C20H18N2O3/c23-19(10-15-11-21-17-8-4-3-7-16(15)17)22-12-14-6-2-1-5-13(14)9-18(22)20(24)25/h1-8,11,18,21H,9-10,12H2,(H,24,25). The molecule has 1 amide bonds. The predicted molar refractivity (Wildman–Crippen MR) is 94.1 cm³/mol. The molecule has 2 heterocycles. The van der Waals surface area contributed by atoms with Crippen molar-refractivity contribution in [3.05, 3.63) is 71.4 Å². The molecule has 0 saturated carbocycles. The van der Waals surface area contributed by atoms with Gasteiger partial charge in [-0.25, -0.2) is 4.79 Å². The summed E-state index contributed by atoms with van der Waals surface area (Å²) in [5.74, 6) is -1.12. The Labute approximate surface area is 144 Å². The Kier molecular flexibility index (Phi) is 3.76. The van der Waals surface area contributed by atoms with Crippen LogP contribution in [-0.2, 0) is 29.0 Å². The Morgan fingerprint density at radius 3 is 2.60 bits per heavy atom. The quantitative estimate of drug-likeness (QED) is 0.773. The van der Waals surface area contributed by atoms with Crippen LogP contribution in [0.1, 0.15) is 16.7 Å². The summed E-state index contributed by atoms with van der Waals surface area (Å²) in [6.45, 7) is 0.342. The summed E-state index contributed by atoms with van der Waals surface area (Å²) in [7, 11) is 0. The molecule has 1 aromatic heterocycles. The van der Waals surface area contributed by atoms with Gasteiger partial charge in [-0.05, 0) is 22.8 Å². The summed E-state index contributed by atoms with van der Waals surface area (Å²) in [5, 5.41) is 10.6. The maximum atomic E-state index is 12.9. The molecule has 0 bridgehead atoms. The van der Waals surface area contributed by atoms with Crippen molar-refractivity contribution in [3.8, 4) is 0 Å². The number of para-hydroxylation sites is 1. The van der Waals surface area contributed by atoms with Gasteiger partial charge < -0.3 is 15.0 Å². The molecule has 1 atom stereocenters. The zero-order valence-electron chi connectivity index (χ0n) is 13.6. The molecule has 5 nitrogen and oxygen atoms in total. The van der Waals surface area contributed by atoms with Gasteiger partial charge in [-0.1, -0.05) is 42.5 Å². The first-order valence-electron chi connectivity index (χ1n) is 8.27. The number of aliphatic carboxylic acids is 1. The van der Waals surface area contributed by atoms with Crippen LogP contribution in [0.3, 0.4) is 0 Å². The minimum atomic E-state index is -0.957. The van der Waals surface area contributed by atoms with E-state index >= 15 is 0 Å². The van der Waals surface area contributed by atoms with Gasteiger partial charge in [0.1, 0.15) is 6.04 Å². The van der Waals surface area contributed by atoms with Crippen LogP contribution < -0.4 is 0 Å². The number of carboxylic acids is 1. The van der Waals surface area contributed by atoms with Crippen molar-refractivity contribution in [2.75, 3.05) is 0 Å². The van der Waals surface area contributed by atoms with Crippen LogP contribution in [-0.4, -0.2) is 32.9 Å². The molecule has 1 aliphatic rings. The van der Waals surface area contributed by atoms with Crippen LogP contribution in [0.25, 0.3) is 10.9 Å². The highest BCUT2D eigenvalue weighted by atomic mass is 16.4. The van der Waals surface area contributed by atoms with Crippen molar-refractivity contribution in [1.82, 2.24) is 9.88 Å². The number of carbonyl (C=O) groups excluding carboxylic acids is 1. The Bertz CT molecular complexity index is 960. The Morgan fingerprint density at radius 1 is 1.08 bits per heavy atom. The normalized spacial score (nSPS) is 16.6. The summed E-state index contributed by atoms with van der Waals surface area (Å²) in [4.78, 5) is 29.2. The number of hydrogen-bond acceptors (Lipinski definition) is 2. The first kappa shape index (κ1) is 15.4. The number of carbonyl (C=O) groups is 2. The van der Waals surface area contributed by atoms with Gasteiger partial charge in [0, 0.05) is 30.1 Å². The monoisotopic (exact) mass is 334 g/mol. The average Bonchev–Trinajstić information content (AvgIpc) is 3.03. The fourth-order valence-corrected chi connectivity index (χ4v) is 3.55. The molecule has 1 unspecified atom stereocenters. The minimum Gasteiger partial charge on any atom is -0.480 e. The van der Waals surface area contributed by atoms with Gasteiger partial charge in [0.05, 0.1) is 6.42 Å². The van der Waals surface area contributed by atoms with E-state index < -0.39 is 12.0 Å². The van der Waals surface area contributed by atoms with Crippen LogP contribution in [0, 0.1) is 0 Å². The van der Waals surface area contributed by atoms with Gasteiger partial charge in [-0.2, -0.15) is 0 Å². The van der Waals surface area contributed by atoms with Crippen molar-refractivity contribution >= 4 is 22.8 Å². The number of nitrogens with zero attached hydrogens (tertiary/aromatic N) is 1. The topological polar surface area (TPSA) is 73.4 Å². The molecule has 4 rings (SSSR count). The first-order chi connectivity index (χ1) is 12.1. The van der Waals surface area contributed by atoms with Crippen molar-refractivity contribution in [3.63, 3.8) is 0 Å².